The van der Waals surface area contributed by atoms with E-state index >= 15 is 0 Å². The maximum atomic E-state index is 13.8. The number of hydrogen-bond acceptors (Lipinski definition) is 2. The summed E-state index contributed by atoms with van der Waals surface area (Å²) in [6.45, 7) is 8.68. The molecule has 1 aromatic rings. The molecule has 0 bridgehead atoms. The molecule has 2 nitrogen and oxygen atoms in total. The first-order chi connectivity index (χ1) is 8.10. The van der Waals surface area contributed by atoms with Gasteiger partial charge in [-0.3, -0.25) is 4.90 Å². The Morgan fingerprint density at radius 3 is 2.41 bits per heavy atom. The summed E-state index contributed by atoms with van der Waals surface area (Å²) < 4.78 is 13.8. The van der Waals surface area contributed by atoms with Gasteiger partial charge in [-0.2, -0.15) is 0 Å². The summed E-state index contributed by atoms with van der Waals surface area (Å²) in [6.07, 6.45) is 0. The van der Waals surface area contributed by atoms with Crippen molar-refractivity contribution in [1.29, 1.82) is 0 Å². The molecule has 1 aromatic carbocycles. The van der Waals surface area contributed by atoms with E-state index in [1.54, 1.807) is 6.07 Å². The molecule has 3 heteroatoms. The van der Waals surface area contributed by atoms with E-state index in [1.807, 2.05) is 12.1 Å². The van der Waals surface area contributed by atoms with Crippen molar-refractivity contribution in [2.75, 3.05) is 19.6 Å². The SMILES string of the molecule is CCN(CC(C)C)C(CN)c1ccccc1F. The summed E-state index contributed by atoms with van der Waals surface area (Å²) in [5, 5.41) is 0. The van der Waals surface area contributed by atoms with Crippen molar-refractivity contribution < 1.29 is 4.39 Å². The molecule has 0 aliphatic carbocycles. The second-order valence-corrected chi connectivity index (χ2v) is 4.75. The molecule has 0 aliphatic heterocycles. The highest BCUT2D eigenvalue weighted by Gasteiger charge is 2.20. The first-order valence-electron chi connectivity index (χ1n) is 6.28. The largest absolute Gasteiger partial charge is 0.329 e. The predicted octanol–water partition coefficient (Wildman–Crippen LogP) is 2.80. The Morgan fingerprint density at radius 1 is 1.29 bits per heavy atom. The maximum absolute atomic E-state index is 13.8. The van der Waals surface area contributed by atoms with Gasteiger partial charge in [0.05, 0.1) is 0 Å². The summed E-state index contributed by atoms with van der Waals surface area (Å²) in [5.41, 5.74) is 6.52. The van der Waals surface area contributed by atoms with Crippen LogP contribution in [0.15, 0.2) is 24.3 Å². The lowest BCUT2D eigenvalue weighted by Gasteiger charge is -2.31. The van der Waals surface area contributed by atoms with E-state index < -0.39 is 0 Å². The maximum Gasteiger partial charge on any atom is 0.128 e. The fourth-order valence-corrected chi connectivity index (χ4v) is 2.16. The number of rotatable bonds is 6. The minimum absolute atomic E-state index is 0.0244. The standard InChI is InChI=1S/C14H23FN2/c1-4-17(10-11(2)3)14(9-16)12-7-5-6-8-13(12)15/h5-8,11,14H,4,9-10,16H2,1-3H3. The molecule has 0 spiro atoms. The normalized spacial score (nSPS) is 13.4. The molecule has 0 fully saturated rings. The molecule has 0 saturated carbocycles. The Kier molecular flexibility index (Phi) is 5.59. The van der Waals surface area contributed by atoms with Crippen molar-refractivity contribution in [3.05, 3.63) is 35.6 Å². The van der Waals surface area contributed by atoms with E-state index in [0.717, 1.165) is 13.1 Å². The predicted molar refractivity (Wildman–Crippen MR) is 70.3 cm³/mol. The number of nitrogens with two attached hydrogens (primary N) is 1. The van der Waals surface area contributed by atoms with Gasteiger partial charge in [0.25, 0.3) is 0 Å². The highest BCUT2D eigenvalue weighted by Crippen LogP contribution is 2.23. The van der Waals surface area contributed by atoms with Gasteiger partial charge in [0.15, 0.2) is 0 Å². The van der Waals surface area contributed by atoms with Gasteiger partial charge in [-0.05, 0) is 18.5 Å². The van der Waals surface area contributed by atoms with Crippen LogP contribution in [-0.2, 0) is 0 Å². The topological polar surface area (TPSA) is 29.3 Å². The zero-order valence-electron chi connectivity index (χ0n) is 11.0. The molecular formula is C14H23FN2. The Balaban J connectivity index is 2.93. The van der Waals surface area contributed by atoms with Crippen LogP contribution in [-0.4, -0.2) is 24.5 Å². The Bertz CT molecular complexity index is 339. The van der Waals surface area contributed by atoms with Crippen LogP contribution in [0, 0.1) is 11.7 Å². The first kappa shape index (κ1) is 14.1. The van der Waals surface area contributed by atoms with Gasteiger partial charge in [0.2, 0.25) is 0 Å². The Morgan fingerprint density at radius 2 is 1.94 bits per heavy atom. The summed E-state index contributed by atoms with van der Waals surface area (Å²) in [5.74, 6) is 0.390. The third-order valence-corrected chi connectivity index (χ3v) is 2.93. The molecule has 0 aliphatic rings. The zero-order chi connectivity index (χ0) is 12.8. The number of likely N-dealkylation sites (N-methyl/N-ethyl adjacent to an activating group) is 1. The third-order valence-electron chi connectivity index (χ3n) is 2.93. The van der Waals surface area contributed by atoms with Gasteiger partial charge in [0.1, 0.15) is 5.82 Å². The molecule has 0 radical (unpaired) electrons. The highest BCUT2D eigenvalue weighted by atomic mass is 19.1. The molecule has 2 N–H and O–H groups in total. The molecule has 1 rings (SSSR count). The summed E-state index contributed by atoms with van der Waals surface area (Å²) in [4.78, 5) is 2.24. The van der Waals surface area contributed by atoms with E-state index in [2.05, 4.69) is 25.7 Å². The lowest BCUT2D eigenvalue weighted by atomic mass is 10.0. The van der Waals surface area contributed by atoms with Gasteiger partial charge in [-0.15, -0.1) is 0 Å². The van der Waals surface area contributed by atoms with Gasteiger partial charge in [0, 0.05) is 24.7 Å². The average molecular weight is 238 g/mol. The highest BCUT2D eigenvalue weighted by molar-refractivity contribution is 5.21. The summed E-state index contributed by atoms with van der Waals surface area (Å²) >= 11 is 0. The van der Waals surface area contributed by atoms with E-state index in [9.17, 15) is 4.39 Å². The second-order valence-electron chi connectivity index (χ2n) is 4.75. The molecule has 0 heterocycles. The number of benzene rings is 1. The van der Waals surface area contributed by atoms with E-state index in [0.29, 0.717) is 18.0 Å². The van der Waals surface area contributed by atoms with E-state index in [1.165, 1.54) is 6.07 Å². The van der Waals surface area contributed by atoms with Crippen LogP contribution in [0.25, 0.3) is 0 Å². The average Bonchev–Trinajstić information content (AvgIpc) is 2.30. The smallest absolute Gasteiger partial charge is 0.128 e. The number of nitrogens with zero attached hydrogens (tertiary/aromatic N) is 1. The fourth-order valence-electron chi connectivity index (χ4n) is 2.16. The van der Waals surface area contributed by atoms with Gasteiger partial charge < -0.3 is 5.73 Å². The summed E-state index contributed by atoms with van der Waals surface area (Å²) in [7, 11) is 0. The minimum atomic E-state index is -0.162. The Hall–Kier alpha value is -0.930. The van der Waals surface area contributed by atoms with Crippen LogP contribution in [0.3, 0.4) is 0 Å². The lowest BCUT2D eigenvalue weighted by Crippen LogP contribution is -2.36. The van der Waals surface area contributed by atoms with Crippen LogP contribution in [0.4, 0.5) is 4.39 Å². The van der Waals surface area contributed by atoms with Crippen LogP contribution < -0.4 is 5.73 Å². The molecule has 96 valence electrons. The molecule has 0 amide bonds. The molecule has 0 saturated heterocycles. The molecule has 1 unspecified atom stereocenters. The Labute approximate surface area is 104 Å². The molecule has 17 heavy (non-hydrogen) atoms. The van der Waals surface area contributed by atoms with Crippen molar-refractivity contribution in [3.8, 4) is 0 Å². The van der Waals surface area contributed by atoms with Crippen LogP contribution >= 0.6 is 0 Å². The number of halogens is 1. The lowest BCUT2D eigenvalue weighted by molar-refractivity contribution is 0.186. The monoisotopic (exact) mass is 238 g/mol. The van der Waals surface area contributed by atoms with Crippen molar-refractivity contribution in [2.45, 2.75) is 26.8 Å². The molecule has 1 atom stereocenters. The third kappa shape index (κ3) is 3.79. The van der Waals surface area contributed by atoms with Crippen molar-refractivity contribution in [2.24, 2.45) is 11.7 Å². The summed E-state index contributed by atoms with van der Waals surface area (Å²) in [6, 6.07) is 6.88. The quantitative estimate of drug-likeness (QED) is 0.825. The van der Waals surface area contributed by atoms with E-state index in [4.69, 9.17) is 5.73 Å². The van der Waals surface area contributed by atoms with Crippen LogP contribution in [0.1, 0.15) is 32.4 Å². The number of hydrogen-bond donors (Lipinski definition) is 1. The fraction of sp³-hybridized carbons (Fsp3) is 0.571. The second kappa shape index (κ2) is 6.72. The van der Waals surface area contributed by atoms with Crippen LogP contribution in [0.2, 0.25) is 0 Å². The van der Waals surface area contributed by atoms with Crippen molar-refractivity contribution in [3.63, 3.8) is 0 Å². The molecular weight excluding hydrogens is 215 g/mol. The van der Waals surface area contributed by atoms with Gasteiger partial charge in [-0.25, -0.2) is 4.39 Å². The van der Waals surface area contributed by atoms with Gasteiger partial charge in [-0.1, -0.05) is 39.0 Å². The minimum Gasteiger partial charge on any atom is -0.329 e. The van der Waals surface area contributed by atoms with Gasteiger partial charge >= 0.3 is 0 Å². The van der Waals surface area contributed by atoms with Crippen molar-refractivity contribution in [1.82, 2.24) is 4.90 Å². The van der Waals surface area contributed by atoms with E-state index in [-0.39, 0.29) is 11.9 Å². The zero-order valence-corrected chi connectivity index (χ0v) is 11.0. The van der Waals surface area contributed by atoms with Crippen molar-refractivity contribution >= 4 is 0 Å². The van der Waals surface area contributed by atoms with Crippen LogP contribution in [0.5, 0.6) is 0 Å². The first-order valence-corrected chi connectivity index (χ1v) is 6.28. The molecule has 0 aromatic heterocycles.